The molecule has 2 saturated heterocycles. The lowest BCUT2D eigenvalue weighted by molar-refractivity contribution is 0.0725. The Morgan fingerprint density at radius 2 is 1.97 bits per heavy atom. The number of fused-ring (bicyclic) bond motifs is 2. The first-order valence-corrected chi connectivity index (χ1v) is 10.6. The molecule has 5 nitrogen and oxygen atoms in total. The van der Waals surface area contributed by atoms with Gasteiger partial charge in [-0.25, -0.2) is 9.37 Å². The fraction of sp³-hybridized carbons (Fsp3) is 0.231. The maximum atomic E-state index is 13.6. The van der Waals surface area contributed by atoms with Gasteiger partial charge in [0.2, 0.25) is 0 Å². The van der Waals surface area contributed by atoms with Crippen LogP contribution in [0.15, 0.2) is 66.9 Å². The van der Waals surface area contributed by atoms with Crippen molar-refractivity contribution in [3.05, 3.63) is 89.5 Å². The Hall–Kier alpha value is -3.85. The van der Waals surface area contributed by atoms with Gasteiger partial charge in [-0.2, -0.15) is 0 Å². The van der Waals surface area contributed by atoms with E-state index in [1.54, 1.807) is 43.6 Å². The van der Waals surface area contributed by atoms with Gasteiger partial charge in [-0.15, -0.1) is 0 Å². The average molecular weight is 427 g/mol. The summed E-state index contributed by atoms with van der Waals surface area (Å²) >= 11 is 0. The smallest absolute Gasteiger partial charge is 0.254 e. The molecule has 2 fully saturated rings. The first kappa shape index (κ1) is 20.1. The van der Waals surface area contributed by atoms with Gasteiger partial charge in [0.05, 0.1) is 18.7 Å². The van der Waals surface area contributed by atoms with E-state index < -0.39 is 0 Å². The lowest BCUT2D eigenvalue weighted by atomic mass is 10.1. The number of likely N-dealkylation sites (tertiary alicyclic amines) is 1. The Labute approximate surface area is 186 Å². The summed E-state index contributed by atoms with van der Waals surface area (Å²) in [5.74, 6) is 6.47. The molecule has 3 heterocycles. The van der Waals surface area contributed by atoms with Crippen molar-refractivity contribution in [1.82, 2.24) is 9.88 Å². The van der Waals surface area contributed by atoms with Gasteiger partial charge in [0, 0.05) is 36.6 Å². The van der Waals surface area contributed by atoms with Crippen molar-refractivity contribution in [3.63, 3.8) is 0 Å². The Bertz CT molecular complexity index is 1220. The van der Waals surface area contributed by atoms with Crippen LogP contribution in [0.3, 0.4) is 0 Å². The van der Waals surface area contributed by atoms with Crippen molar-refractivity contribution in [2.45, 2.75) is 18.5 Å². The fourth-order valence-corrected chi connectivity index (χ4v) is 4.56. The summed E-state index contributed by atoms with van der Waals surface area (Å²) in [6.45, 7) is 1.34. The number of rotatable bonds is 3. The Balaban J connectivity index is 1.35. The molecule has 2 aliphatic rings. The van der Waals surface area contributed by atoms with Crippen LogP contribution in [-0.2, 0) is 0 Å². The van der Waals surface area contributed by atoms with Gasteiger partial charge in [0.1, 0.15) is 17.3 Å². The minimum absolute atomic E-state index is 0.0140. The molecule has 160 valence electrons. The van der Waals surface area contributed by atoms with Gasteiger partial charge in [0.25, 0.3) is 5.91 Å². The number of hydrogen-bond acceptors (Lipinski definition) is 4. The number of carbonyl (C=O) groups is 1. The summed E-state index contributed by atoms with van der Waals surface area (Å²) in [6, 6.07) is 17.9. The molecule has 0 saturated carbocycles. The summed E-state index contributed by atoms with van der Waals surface area (Å²) in [4.78, 5) is 21.7. The minimum atomic E-state index is -0.240. The second kappa shape index (κ2) is 8.35. The fourth-order valence-electron chi connectivity index (χ4n) is 4.56. The quantitative estimate of drug-likeness (QED) is 0.598. The van der Waals surface area contributed by atoms with Gasteiger partial charge >= 0.3 is 0 Å². The van der Waals surface area contributed by atoms with E-state index in [1.165, 1.54) is 6.07 Å². The van der Waals surface area contributed by atoms with Crippen LogP contribution in [0.1, 0.15) is 28.0 Å². The largest absolute Gasteiger partial charge is 0.495 e. The number of carbonyl (C=O) groups excluding carboxylic acids is 1. The molecule has 0 spiro atoms. The number of aromatic nitrogens is 1. The van der Waals surface area contributed by atoms with Crippen LogP contribution in [0.2, 0.25) is 0 Å². The highest BCUT2D eigenvalue weighted by molar-refractivity contribution is 5.95. The van der Waals surface area contributed by atoms with Crippen molar-refractivity contribution in [2.24, 2.45) is 0 Å². The third-order valence-corrected chi connectivity index (χ3v) is 6.08. The lowest BCUT2D eigenvalue weighted by Gasteiger charge is -2.35. The summed E-state index contributed by atoms with van der Waals surface area (Å²) in [6.07, 6.45) is 2.58. The number of anilines is 1. The number of piperazine rings is 1. The molecule has 3 aromatic rings. The molecular formula is C26H22FN3O2. The van der Waals surface area contributed by atoms with E-state index in [0.29, 0.717) is 35.7 Å². The number of hydrogen-bond donors (Lipinski definition) is 0. The van der Waals surface area contributed by atoms with Crippen LogP contribution < -0.4 is 9.64 Å². The van der Waals surface area contributed by atoms with E-state index in [4.69, 9.17) is 4.74 Å². The van der Waals surface area contributed by atoms with Crippen molar-refractivity contribution < 1.29 is 13.9 Å². The zero-order valence-corrected chi connectivity index (χ0v) is 17.7. The van der Waals surface area contributed by atoms with Crippen LogP contribution in [0.5, 0.6) is 5.75 Å². The number of pyridine rings is 1. The van der Waals surface area contributed by atoms with Crippen molar-refractivity contribution in [2.75, 3.05) is 25.1 Å². The number of ether oxygens (including phenoxy) is 1. The molecule has 2 aromatic carbocycles. The zero-order chi connectivity index (χ0) is 22.1. The molecule has 1 amide bonds. The molecular weight excluding hydrogens is 405 g/mol. The van der Waals surface area contributed by atoms with Gasteiger partial charge in [-0.3, -0.25) is 4.79 Å². The molecule has 32 heavy (non-hydrogen) atoms. The van der Waals surface area contributed by atoms with Crippen LogP contribution in [-0.4, -0.2) is 48.1 Å². The number of methoxy groups -OCH3 is 1. The predicted octanol–water partition coefficient (Wildman–Crippen LogP) is 3.73. The summed E-state index contributed by atoms with van der Waals surface area (Å²) in [5, 5.41) is 0. The van der Waals surface area contributed by atoms with E-state index in [0.717, 1.165) is 12.1 Å². The highest BCUT2D eigenvalue weighted by Crippen LogP contribution is 2.35. The third-order valence-electron chi connectivity index (χ3n) is 6.08. The predicted molar refractivity (Wildman–Crippen MR) is 120 cm³/mol. The van der Waals surface area contributed by atoms with E-state index in [-0.39, 0.29) is 23.8 Å². The molecule has 0 N–H and O–H groups in total. The van der Waals surface area contributed by atoms with E-state index >= 15 is 0 Å². The Kier molecular flexibility index (Phi) is 5.24. The molecule has 0 radical (unpaired) electrons. The highest BCUT2D eigenvalue weighted by Gasteiger charge is 2.45. The van der Waals surface area contributed by atoms with Crippen molar-refractivity contribution in [3.8, 4) is 17.6 Å². The number of nitrogens with zero attached hydrogens (tertiary/aromatic N) is 3. The second-order valence-electron chi connectivity index (χ2n) is 8.01. The highest BCUT2D eigenvalue weighted by atomic mass is 19.1. The maximum Gasteiger partial charge on any atom is 0.254 e. The van der Waals surface area contributed by atoms with Crippen molar-refractivity contribution in [1.29, 1.82) is 0 Å². The average Bonchev–Trinajstić information content (AvgIpc) is 3.44. The molecule has 1 aromatic heterocycles. The van der Waals surface area contributed by atoms with E-state index in [1.807, 2.05) is 29.2 Å². The van der Waals surface area contributed by atoms with Crippen LogP contribution in [0, 0.1) is 17.7 Å². The van der Waals surface area contributed by atoms with E-state index in [2.05, 4.69) is 21.7 Å². The normalized spacial score (nSPS) is 18.9. The lowest BCUT2D eigenvalue weighted by Crippen LogP contribution is -2.48. The third kappa shape index (κ3) is 3.78. The maximum absolute atomic E-state index is 13.6. The summed E-state index contributed by atoms with van der Waals surface area (Å²) in [5.41, 5.74) is 2.76. The monoisotopic (exact) mass is 427 g/mol. The Morgan fingerprint density at radius 3 is 2.69 bits per heavy atom. The van der Waals surface area contributed by atoms with Crippen LogP contribution in [0.4, 0.5) is 10.1 Å². The molecule has 0 unspecified atom stereocenters. The topological polar surface area (TPSA) is 45.7 Å². The number of amides is 1. The standard InChI is InChI=1S/C26H22FN3O2/c1-32-25-11-9-19(13-18(25)8-10-21-6-2-3-12-28-21)26(31)30-17-23-15-24(30)16-29(23)22-7-4-5-20(27)14-22/h2-7,9,11-14,23-24H,15-17H2,1H3/t23-,24+/m1/s1. The van der Waals surface area contributed by atoms with Gasteiger partial charge in [0.15, 0.2) is 0 Å². The SMILES string of the molecule is COc1ccc(C(=O)N2C[C@H]3C[C@H]2CN3c2cccc(F)c2)cc1C#Cc1ccccn1. The van der Waals surface area contributed by atoms with Gasteiger partial charge in [-0.1, -0.05) is 18.1 Å². The second-order valence-corrected chi connectivity index (χ2v) is 8.01. The molecule has 2 bridgehead atoms. The zero-order valence-electron chi connectivity index (χ0n) is 17.7. The summed E-state index contributed by atoms with van der Waals surface area (Å²) in [7, 11) is 1.59. The summed E-state index contributed by atoms with van der Waals surface area (Å²) < 4.78 is 19.1. The molecule has 2 atom stereocenters. The Morgan fingerprint density at radius 1 is 1.06 bits per heavy atom. The van der Waals surface area contributed by atoms with E-state index in [9.17, 15) is 9.18 Å². The molecule has 2 aliphatic heterocycles. The van der Waals surface area contributed by atoms with Crippen LogP contribution in [0.25, 0.3) is 0 Å². The molecule has 5 rings (SSSR count). The first-order valence-electron chi connectivity index (χ1n) is 10.6. The van der Waals surface area contributed by atoms with Gasteiger partial charge < -0.3 is 14.5 Å². The van der Waals surface area contributed by atoms with Crippen molar-refractivity contribution >= 4 is 11.6 Å². The number of benzene rings is 2. The van der Waals surface area contributed by atoms with Crippen LogP contribution >= 0.6 is 0 Å². The molecule has 0 aliphatic carbocycles. The van der Waals surface area contributed by atoms with Gasteiger partial charge in [-0.05, 0) is 60.9 Å². The molecule has 6 heteroatoms. The number of halogens is 1. The minimum Gasteiger partial charge on any atom is -0.495 e. The first-order chi connectivity index (χ1) is 15.6.